The minimum Gasteiger partial charge on any atom is -0.350 e. The Morgan fingerprint density at radius 3 is 3.00 bits per heavy atom. The molecule has 1 heterocycles. The van der Waals surface area contributed by atoms with E-state index in [-0.39, 0.29) is 5.78 Å². The third-order valence-electron chi connectivity index (χ3n) is 1.56. The molecular formula is C9H10ClNO. The van der Waals surface area contributed by atoms with E-state index < -0.39 is 0 Å². The second-order valence-electron chi connectivity index (χ2n) is 2.51. The van der Waals surface area contributed by atoms with Gasteiger partial charge in [0.15, 0.2) is 5.78 Å². The zero-order chi connectivity index (χ0) is 8.97. The topological polar surface area (TPSA) is 22.0 Å². The molecule has 0 aliphatic rings. The van der Waals surface area contributed by atoms with Crippen LogP contribution >= 0.6 is 11.6 Å². The van der Waals surface area contributed by atoms with E-state index in [2.05, 4.69) is 0 Å². The van der Waals surface area contributed by atoms with E-state index in [1.807, 2.05) is 16.8 Å². The highest BCUT2D eigenvalue weighted by Crippen LogP contribution is 2.02. The maximum absolute atomic E-state index is 10.9. The first kappa shape index (κ1) is 9.07. The van der Waals surface area contributed by atoms with Crippen LogP contribution < -0.4 is 0 Å². The molecule has 0 spiro atoms. The van der Waals surface area contributed by atoms with Gasteiger partial charge in [-0.3, -0.25) is 4.79 Å². The molecule has 0 aliphatic heterocycles. The Hall–Kier alpha value is -1.02. The fraction of sp³-hybridized carbons (Fsp3) is 0.222. The Kier molecular flexibility index (Phi) is 3.11. The maximum Gasteiger partial charge on any atom is 0.161 e. The zero-order valence-corrected chi connectivity index (χ0v) is 7.58. The van der Waals surface area contributed by atoms with Crippen molar-refractivity contribution < 1.29 is 4.79 Å². The highest BCUT2D eigenvalue weighted by atomic mass is 35.5. The first-order valence-corrected chi connectivity index (χ1v) is 4.09. The van der Waals surface area contributed by atoms with Crippen molar-refractivity contribution in [3.05, 3.63) is 35.6 Å². The number of halogens is 1. The summed E-state index contributed by atoms with van der Waals surface area (Å²) in [5.41, 5.74) is 2.20. The summed E-state index contributed by atoms with van der Waals surface area (Å²) in [7, 11) is 0. The average Bonchev–Trinajstić information content (AvgIpc) is 2.48. The smallest absolute Gasteiger partial charge is 0.161 e. The first-order chi connectivity index (χ1) is 5.74. The van der Waals surface area contributed by atoms with Gasteiger partial charge in [0.2, 0.25) is 0 Å². The molecule has 0 unspecified atom stereocenters. The van der Waals surface area contributed by atoms with Gasteiger partial charge in [0, 0.05) is 30.0 Å². The van der Waals surface area contributed by atoms with E-state index in [1.165, 1.54) is 5.54 Å². The summed E-state index contributed by atoms with van der Waals surface area (Å²) in [6, 6.07) is 1.80. The fourth-order valence-corrected chi connectivity index (χ4v) is 1.00. The lowest BCUT2D eigenvalue weighted by Gasteiger charge is -1.93. The molecule has 0 atom stereocenters. The number of rotatable bonds is 3. The Bertz CT molecular complexity index is 301. The van der Waals surface area contributed by atoms with Gasteiger partial charge in [0.05, 0.1) is 0 Å². The third-order valence-corrected chi connectivity index (χ3v) is 1.74. The molecule has 0 fully saturated rings. The van der Waals surface area contributed by atoms with Crippen LogP contribution in [0, 0.1) is 0 Å². The molecule has 0 saturated carbocycles. The van der Waals surface area contributed by atoms with Crippen molar-refractivity contribution in [2.24, 2.45) is 0 Å². The zero-order valence-electron chi connectivity index (χ0n) is 6.83. The molecule has 0 bridgehead atoms. The number of aromatic nitrogens is 1. The van der Waals surface area contributed by atoms with Gasteiger partial charge in [0.25, 0.3) is 0 Å². The van der Waals surface area contributed by atoms with E-state index >= 15 is 0 Å². The monoisotopic (exact) mass is 183 g/mol. The molecule has 0 saturated heterocycles. The largest absolute Gasteiger partial charge is 0.350 e. The molecule has 2 nitrogen and oxygen atoms in total. The highest BCUT2D eigenvalue weighted by Gasteiger charge is 1.99. The summed E-state index contributed by atoms with van der Waals surface area (Å²) in [6.07, 6.45) is 5.47. The van der Waals surface area contributed by atoms with Crippen LogP contribution in [0.5, 0.6) is 0 Å². The van der Waals surface area contributed by atoms with Crippen LogP contribution in [0.4, 0.5) is 0 Å². The molecule has 0 radical (unpaired) electrons. The molecule has 0 N–H and O–H groups in total. The van der Waals surface area contributed by atoms with Crippen molar-refractivity contribution in [1.29, 1.82) is 0 Å². The molecule has 1 aromatic heterocycles. The predicted molar refractivity (Wildman–Crippen MR) is 49.4 cm³/mol. The average molecular weight is 184 g/mol. The summed E-state index contributed by atoms with van der Waals surface area (Å²) >= 11 is 5.36. The molecule has 0 amide bonds. The Morgan fingerprint density at radius 1 is 1.75 bits per heavy atom. The SMILES string of the molecule is CC(=O)c1ccn(C/C=C/Cl)c1. The minimum atomic E-state index is 0.0867. The molecule has 1 aromatic rings. The molecule has 0 aliphatic carbocycles. The molecule has 12 heavy (non-hydrogen) atoms. The molecule has 0 aromatic carbocycles. The van der Waals surface area contributed by atoms with Crippen molar-refractivity contribution in [3.8, 4) is 0 Å². The van der Waals surface area contributed by atoms with E-state index in [1.54, 1.807) is 19.2 Å². The Morgan fingerprint density at radius 2 is 2.50 bits per heavy atom. The molecular weight excluding hydrogens is 174 g/mol. The summed E-state index contributed by atoms with van der Waals surface area (Å²) in [5.74, 6) is 0.0867. The number of allylic oxidation sites excluding steroid dienone is 1. The van der Waals surface area contributed by atoms with Crippen molar-refractivity contribution in [3.63, 3.8) is 0 Å². The van der Waals surface area contributed by atoms with Crippen LogP contribution in [0.2, 0.25) is 0 Å². The van der Waals surface area contributed by atoms with Crippen LogP contribution in [0.3, 0.4) is 0 Å². The van der Waals surface area contributed by atoms with Crippen LogP contribution in [0.15, 0.2) is 30.1 Å². The third kappa shape index (κ3) is 2.24. The number of hydrogen-bond donors (Lipinski definition) is 0. The van der Waals surface area contributed by atoms with Gasteiger partial charge >= 0.3 is 0 Å². The lowest BCUT2D eigenvalue weighted by Crippen LogP contribution is -1.91. The van der Waals surface area contributed by atoms with Crippen molar-refractivity contribution >= 4 is 17.4 Å². The highest BCUT2D eigenvalue weighted by molar-refractivity contribution is 6.25. The van der Waals surface area contributed by atoms with Gasteiger partial charge in [-0.2, -0.15) is 0 Å². The standard InChI is InChI=1S/C9H10ClNO/c1-8(12)9-3-6-11(7-9)5-2-4-10/h2-4,6-7H,5H2,1H3/b4-2+. The van der Waals surface area contributed by atoms with E-state index in [4.69, 9.17) is 11.6 Å². The number of hydrogen-bond acceptors (Lipinski definition) is 1. The number of carbonyl (C=O) groups is 1. The predicted octanol–water partition coefficient (Wildman–Crippen LogP) is 2.44. The Balaban J connectivity index is 2.70. The van der Waals surface area contributed by atoms with Crippen molar-refractivity contribution in [1.82, 2.24) is 4.57 Å². The minimum absolute atomic E-state index is 0.0867. The number of carbonyl (C=O) groups excluding carboxylic acids is 1. The van der Waals surface area contributed by atoms with Crippen molar-refractivity contribution in [2.75, 3.05) is 0 Å². The molecule has 1 rings (SSSR count). The van der Waals surface area contributed by atoms with Crippen LogP contribution in [0.25, 0.3) is 0 Å². The van der Waals surface area contributed by atoms with Crippen LogP contribution in [-0.2, 0) is 6.54 Å². The maximum atomic E-state index is 10.9. The van der Waals surface area contributed by atoms with E-state index in [0.29, 0.717) is 6.54 Å². The van der Waals surface area contributed by atoms with Gasteiger partial charge in [-0.1, -0.05) is 17.7 Å². The molecule has 64 valence electrons. The normalized spacial score (nSPS) is 10.8. The second-order valence-corrected chi connectivity index (χ2v) is 2.77. The van der Waals surface area contributed by atoms with Gasteiger partial charge in [-0.15, -0.1) is 0 Å². The van der Waals surface area contributed by atoms with Gasteiger partial charge in [-0.05, 0) is 13.0 Å². The summed E-state index contributed by atoms with van der Waals surface area (Å²) in [6.45, 7) is 2.26. The van der Waals surface area contributed by atoms with Gasteiger partial charge in [0.1, 0.15) is 0 Å². The van der Waals surface area contributed by atoms with Crippen molar-refractivity contribution in [2.45, 2.75) is 13.5 Å². The number of nitrogens with zero attached hydrogens (tertiary/aromatic N) is 1. The Labute approximate surface area is 76.5 Å². The van der Waals surface area contributed by atoms with Crippen LogP contribution in [-0.4, -0.2) is 10.4 Å². The number of Topliss-reactive ketones (excluding diaryl/α,β-unsaturated/α-hetero) is 1. The van der Waals surface area contributed by atoms with Crippen LogP contribution in [0.1, 0.15) is 17.3 Å². The molecule has 3 heteroatoms. The summed E-state index contributed by atoms with van der Waals surface area (Å²) < 4.78 is 1.90. The quantitative estimate of drug-likeness (QED) is 0.660. The first-order valence-electron chi connectivity index (χ1n) is 3.66. The second kappa shape index (κ2) is 4.12. The summed E-state index contributed by atoms with van der Waals surface area (Å²) in [4.78, 5) is 10.9. The fourth-order valence-electron chi connectivity index (χ4n) is 0.924. The van der Waals surface area contributed by atoms with E-state index in [0.717, 1.165) is 5.56 Å². The van der Waals surface area contributed by atoms with Gasteiger partial charge < -0.3 is 4.57 Å². The van der Waals surface area contributed by atoms with Gasteiger partial charge in [-0.25, -0.2) is 0 Å². The number of ketones is 1. The summed E-state index contributed by atoms with van der Waals surface area (Å²) in [5, 5.41) is 0. The lowest BCUT2D eigenvalue weighted by atomic mass is 10.2. The van der Waals surface area contributed by atoms with E-state index in [9.17, 15) is 4.79 Å². The lowest BCUT2D eigenvalue weighted by molar-refractivity contribution is 0.101.